The van der Waals surface area contributed by atoms with Crippen LogP contribution in [0.1, 0.15) is 26.2 Å². The van der Waals surface area contributed by atoms with Gasteiger partial charge < -0.3 is 15.0 Å². The Bertz CT molecular complexity index is 233. The van der Waals surface area contributed by atoms with Crippen LogP contribution in [0.5, 0.6) is 0 Å². The van der Waals surface area contributed by atoms with E-state index >= 15 is 0 Å². The molecule has 2 fully saturated rings. The molecule has 2 rings (SSSR count). The summed E-state index contributed by atoms with van der Waals surface area (Å²) < 4.78 is 5.35. The second-order valence-electron chi connectivity index (χ2n) is 4.76. The van der Waals surface area contributed by atoms with Gasteiger partial charge in [-0.1, -0.05) is 0 Å². The van der Waals surface area contributed by atoms with Crippen LogP contribution in [0.2, 0.25) is 0 Å². The van der Waals surface area contributed by atoms with E-state index in [1.54, 1.807) is 0 Å². The third kappa shape index (κ3) is 2.74. The number of hydrogen-bond acceptors (Lipinski definition) is 3. The SMILES string of the molecule is CCN(CC1CCOC1)C(=O)C1CCCN1. The van der Waals surface area contributed by atoms with Crippen molar-refractivity contribution < 1.29 is 9.53 Å². The Balaban J connectivity index is 1.84. The van der Waals surface area contributed by atoms with E-state index in [0.29, 0.717) is 5.92 Å². The minimum atomic E-state index is 0.0715. The highest BCUT2D eigenvalue weighted by atomic mass is 16.5. The number of ether oxygens (including phenoxy) is 1. The van der Waals surface area contributed by atoms with Gasteiger partial charge in [0.15, 0.2) is 0 Å². The van der Waals surface area contributed by atoms with E-state index in [0.717, 1.165) is 52.1 Å². The number of rotatable bonds is 4. The summed E-state index contributed by atoms with van der Waals surface area (Å²) in [7, 11) is 0. The van der Waals surface area contributed by atoms with Crippen LogP contribution in [0.3, 0.4) is 0 Å². The molecule has 0 saturated carbocycles. The predicted octanol–water partition coefficient (Wildman–Crippen LogP) is 0.623. The first-order chi connectivity index (χ1) is 7.81. The summed E-state index contributed by atoms with van der Waals surface area (Å²) in [6.07, 6.45) is 3.22. The molecule has 0 aromatic heterocycles. The molecule has 0 aliphatic carbocycles. The lowest BCUT2D eigenvalue weighted by Gasteiger charge is -2.26. The van der Waals surface area contributed by atoms with Crippen molar-refractivity contribution in [3.05, 3.63) is 0 Å². The largest absolute Gasteiger partial charge is 0.381 e. The molecule has 2 atom stereocenters. The molecule has 0 radical (unpaired) electrons. The summed E-state index contributed by atoms with van der Waals surface area (Å²) in [5, 5.41) is 3.27. The number of carbonyl (C=O) groups excluding carboxylic acids is 1. The third-order valence-corrected chi connectivity index (χ3v) is 3.55. The van der Waals surface area contributed by atoms with Gasteiger partial charge in [0.25, 0.3) is 0 Å². The highest BCUT2D eigenvalue weighted by Crippen LogP contribution is 2.16. The number of carbonyl (C=O) groups is 1. The van der Waals surface area contributed by atoms with E-state index in [4.69, 9.17) is 4.74 Å². The van der Waals surface area contributed by atoms with E-state index in [1.165, 1.54) is 0 Å². The van der Waals surface area contributed by atoms with Crippen molar-refractivity contribution in [1.29, 1.82) is 0 Å². The van der Waals surface area contributed by atoms with Crippen LogP contribution in [0.15, 0.2) is 0 Å². The molecule has 2 heterocycles. The van der Waals surface area contributed by atoms with Crippen molar-refractivity contribution in [2.24, 2.45) is 5.92 Å². The predicted molar refractivity (Wildman–Crippen MR) is 62.2 cm³/mol. The van der Waals surface area contributed by atoms with Gasteiger partial charge in [0.2, 0.25) is 5.91 Å². The molecule has 1 amide bonds. The Labute approximate surface area is 97.3 Å². The number of nitrogens with zero attached hydrogens (tertiary/aromatic N) is 1. The van der Waals surface area contributed by atoms with Gasteiger partial charge in [-0.15, -0.1) is 0 Å². The Morgan fingerprint density at radius 1 is 1.50 bits per heavy atom. The second kappa shape index (κ2) is 5.64. The zero-order valence-corrected chi connectivity index (χ0v) is 10.1. The van der Waals surface area contributed by atoms with Crippen molar-refractivity contribution in [2.75, 3.05) is 32.8 Å². The van der Waals surface area contributed by atoms with Gasteiger partial charge in [-0.25, -0.2) is 0 Å². The van der Waals surface area contributed by atoms with Gasteiger partial charge >= 0.3 is 0 Å². The van der Waals surface area contributed by atoms with Crippen LogP contribution in [0.4, 0.5) is 0 Å². The topological polar surface area (TPSA) is 41.6 Å². The van der Waals surface area contributed by atoms with Crippen LogP contribution in [0, 0.1) is 5.92 Å². The molecule has 0 aromatic rings. The fourth-order valence-corrected chi connectivity index (χ4v) is 2.53. The lowest BCUT2D eigenvalue weighted by molar-refractivity contribution is -0.133. The molecule has 1 N–H and O–H groups in total. The van der Waals surface area contributed by atoms with E-state index in [-0.39, 0.29) is 11.9 Å². The fraction of sp³-hybridized carbons (Fsp3) is 0.917. The van der Waals surface area contributed by atoms with Crippen LogP contribution >= 0.6 is 0 Å². The number of likely N-dealkylation sites (N-methyl/N-ethyl adjacent to an activating group) is 1. The molecule has 0 bridgehead atoms. The average molecular weight is 226 g/mol. The lowest BCUT2D eigenvalue weighted by atomic mass is 10.1. The standard InChI is InChI=1S/C12H22N2O2/c1-2-14(8-10-5-7-16-9-10)12(15)11-4-3-6-13-11/h10-11,13H,2-9H2,1H3. The highest BCUT2D eigenvalue weighted by Gasteiger charge is 2.28. The summed E-state index contributed by atoms with van der Waals surface area (Å²) in [5.41, 5.74) is 0. The Morgan fingerprint density at radius 3 is 2.94 bits per heavy atom. The molecule has 4 nitrogen and oxygen atoms in total. The van der Waals surface area contributed by atoms with Crippen molar-refractivity contribution in [2.45, 2.75) is 32.2 Å². The van der Waals surface area contributed by atoms with Gasteiger partial charge in [0.05, 0.1) is 12.6 Å². The molecular weight excluding hydrogens is 204 g/mol. The quantitative estimate of drug-likeness (QED) is 0.764. The molecule has 16 heavy (non-hydrogen) atoms. The number of nitrogens with one attached hydrogen (secondary N) is 1. The number of hydrogen-bond donors (Lipinski definition) is 1. The third-order valence-electron chi connectivity index (χ3n) is 3.55. The summed E-state index contributed by atoms with van der Waals surface area (Å²) in [6, 6.07) is 0.0715. The van der Waals surface area contributed by atoms with E-state index in [1.807, 2.05) is 4.90 Å². The maximum atomic E-state index is 12.2. The molecule has 2 aliphatic heterocycles. The minimum absolute atomic E-state index is 0.0715. The van der Waals surface area contributed by atoms with E-state index in [9.17, 15) is 4.79 Å². The second-order valence-corrected chi connectivity index (χ2v) is 4.76. The average Bonchev–Trinajstić information content (AvgIpc) is 2.97. The molecule has 2 unspecified atom stereocenters. The van der Waals surface area contributed by atoms with Crippen LogP contribution in [-0.4, -0.2) is 49.7 Å². The van der Waals surface area contributed by atoms with Crippen LogP contribution < -0.4 is 5.32 Å². The fourth-order valence-electron chi connectivity index (χ4n) is 2.53. The zero-order chi connectivity index (χ0) is 11.4. The normalized spacial score (nSPS) is 29.6. The Morgan fingerprint density at radius 2 is 2.38 bits per heavy atom. The van der Waals surface area contributed by atoms with Crippen molar-refractivity contribution in [3.8, 4) is 0 Å². The Kier molecular flexibility index (Phi) is 4.18. The van der Waals surface area contributed by atoms with Crippen LogP contribution in [-0.2, 0) is 9.53 Å². The molecule has 92 valence electrons. The first-order valence-corrected chi connectivity index (χ1v) is 6.41. The van der Waals surface area contributed by atoms with Gasteiger partial charge in [-0.2, -0.15) is 0 Å². The van der Waals surface area contributed by atoms with Crippen molar-refractivity contribution in [3.63, 3.8) is 0 Å². The monoisotopic (exact) mass is 226 g/mol. The molecule has 0 spiro atoms. The molecule has 0 aromatic carbocycles. The summed E-state index contributed by atoms with van der Waals surface area (Å²) >= 11 is 0. The first-order valence-electron chi connectivity index (χ1n) is 6.41. The zero-order valence-electron chi connectivity index (χ0n) is 10.1. The van der Waals surface area contributed by atoms with Gasteiger partial charge in [0, 0.05) is 25.6 Å². The molecule has 2 aliphatic rings. The van der Waals surface area contributed by atoms with Gasteiger partial charge in [-0.3, -0.25) is 4.79 Å². The lowest BCUT2D eigenvalue weighted by Crippen LogP contribution is -2.45. The molecule has 4 heteroatoms. The van der Waals surface area contributed by atoms with Crippen molar-refractivity contribution >= 4 is 5.91 Å². The smallest absolute Gasteiger partial charge is 0.239 e. The molecule has 2 saturated heterocycles. The maximum absolute atomic E-state index is 12.2. The van der Waals surface area contributed by atoms with E-state index in [2.05, 4.69) is 12.2 Å². The first kappa shape index (κ1) is 11.9. The van der Waals surface area contributed by atoms with Gasteiger partial charge in [0.1, 0.15) is 0 Å². The van der Waals surface area contributed by atoms with Crippen LogP contribution in [0.25, 0.3) is 0 Å². The highest BCUT2D eigenvalue weighted by molar-refractivity contribution is 5.82. The Hall–Kier alpha value is -0.610. The summed E-state index contributed by atoms with van der Waals surface area (Å²) in [5.74, 6) is 0.831. The summed E-state index contributed by atoms with van der Waals surface area (Å²) in [4.78, 5) is 14.2. The van der Waals surface area contributed by atoms with Crippen molar-refractivity contribution in [1.82, 2.24) is 10.2 Å². The minimum Gasteiger partial charge on any atom is -0.381 e. The molecular formula is C12H22N2O2. The maximum Gasteiger partial charge on any atom is 0.239 e. The van der Waals surface area contributed by atoms with E-state index < -0.39 is 0 Å². The van der Waals surface area contributed by atoms with Gasteiger partial charge in [-0.05, 0) is 32.7 Å². The summed E-state index contributed by atoms with van der Waals surface area (Å²) in [6.45, 7) is 6.41. The number of amides is 1.